The van der Waals surface area contributed by atoms with Crippen molar-refractivity contribution in [1.29, 1.82) is 0 Å². The van der Waals surface area contributed by atoms with Crippen molar-refractivity contribution in [2.45, 2.75) is 69.4 Å². The molecule has 5 rings (SSSR count). The molecule has 1 aromatic heterocycles. The molecule has 0 spiro atoms. The highest BCUT2D eigenvalue weighted by atomic mass is 28.4. The number of ether oxygens (including phenoxy) is 3. The lowest BCUT2D eigenvalue weighted by atomic mass is 9.79. The Balaban J connectivity index is 1.63. The van der Waals surface area contributed by atoms with Gasteiger partial charge in [0, 0.05) is 18.7 Å². The van der Waals surface area contributed by atoms with Gasteiger partial charge in [0.1, 0.15) is 23.7 Å². The summed E-state index contributed by atoms with van der Waals surface area (Å²) in [5, 5.41) is -0.00184. The van der Waals surface area contributed by atoms with E-state index in [4.69, 9.17) is 18.6 Å². The molecule has 4 aromatic rings. The van der Waals surface area contributed by atoms with Crippen molar-refractivity contribution in [3.63, 3.8) is 0 Å². The lowest BCUT2D eigenvalue weighted by Crippen LogP contribution is -2.46. The lowest BCUT2D eigenvalue weighted by molar-refractivity contribution is -0.0977. The Bertz CT molecular complexity index is 1610. The van der Waals surface area contributed by atoms with Gasteiger partial charge < -0.3 is 18.6 Å². The molecular formula is C35H42N2O6Si. The molecule has 1 saturated heterocycles. The maximum Gasteiger partial charge on any atom is 0.330 e. The molecule has 0 bridgehead atoms. The van der Waals surface area contributed by atoms with E-state index in [0.717, 1.165) is 22.4 Å². The summed E-state index contributed by atoms with van der Waals surface area (Å²) < 4.78 is 27.5. The summed E-state index contributed by atoms with van der Waals surface area (Å²) in [5.74, 6) is 0.742. The number of nitrogens with zero attached hydrogens (tertiary/aromatic N) is 1. The number of aromatic nitrogens is 2. The molecule has 1 aliphatic heterocycles. The van der Waals surface area contributed by atoms with Gasteiger partial charge in [-0.05, 0) is 47.0 Å². The van der Waals surface area contributed by atoms with Crippen LogP contribution in [0.2, 0.25) is 18.1 Å². The van der Waals surface area contributed by atoms with Gasteiger partial charge in [0.05, 0.1) is 19.8 Å². The van der Waals surface area contributed by atoms with Gasteiger partial charge in [0.25, 0.3) is 5.56 Å². The fourth-order valence-corrected chi connectivity index (χ4v) is 6.42. The van der Waals surface area contributed by atoms with E-state index in [1.54, 1.807) is 7.11 Å². The molecule has 2 heterocycles. The average molecular weight is 615 g/mol. The second-order valence-corrected chi connectivity index (χ2v) is 17.6. The molecule has 232 valence electrons. The van der Waals surface area contributed by atoms with Gasteiger partial charge in [0.15, 0.2) is 8.32 Å². The van der Waals surface area contributed by atoms with Crippen molar-refractivity contribution in [1.82, 2.24) is 9.55 Å². The Kier molecular flexibility index (Phi) is 9.13. The number of benzene rings is 3. The molecule has 3 aromatic carbocycles. The minimum Gasteiger partial charge on any atom is -0.497 e. The Morgan fingerprint density at radius 2 is 1.43 bits per heavy atom. The van der Waals surface area contributed by atoms with Crippen LogP contribution >= 0.6 is 0 Å². The Hall–Kier alpha value is -3.76. The van der Waals surface area contributed by atoms with Crippen LogP contribution in [-0.4, -0.2) is 43.8 Å². The van der Waals surface area contributed by atoms with Crippen LogP contribution < -0.4 is 16.0 Å². The van der Waals surface area contributed by atoms with E-state index in [1.165, 1.54) is 16.8 Å². The molecule has 3 atom stereocenters. The first-order valence-electron chi connectivity index (χ1n) is 15.0. The molecule has 44 heavy (non-hydrogen) atoms. The Labute approximate surface area is 259 Å². The first kappa shape index (κ1) is 31.7. The third-order valence-corrected chi connectivity index (χ3v) is 13.4. The molecular weight excluding hydrogens is 572 g/mol. The molecule has 1 aliphatic rings. The molecule has 9 heteroatoms. The number of rotatable bonds is 10. The minimum atomic E-state index is -2.15. The van der Waals surface area contributed by atoms with Crippen LogP contribution in [0.25, 0.3) is 0 Å². The predicted molar refractivity (Wildman–Crippen MR) is 174 cm³/mol. The zero-order valence-electron chi connectivity index (χ0n) is 26.3. The molecule has 0 aliphatic carbocycles. The standard InChI is InChI=1S/C35H42N2O6Si/c1-34(2,3)44(5,6)41-24-30-29(23-32(42-30)37-22-21-31(38)36-33(37)39)43-35(25-13-9-7-10-14-25,26-15-11-8-12-16-26)27-17-19-28(40-4)20-18-27/h7-22,29-30,32H,23-24H2,1-6H3,(H,36,38,39)/t29-,30-,32-/m1/s1. The predicted octanol–water partition coefficient (Wildman–Crippen LogP) is 6.23. The SMILES string of the molecule is COc1ccc(C(O[C@@H]2C[C@H](n3ccc(=O)[nH]c3=O)O[C@@H]2CO[Si](C)(C)C(C)(C)C)(c2ccccc2)c2ccccc2)cc1. The minimum absolute atomic E-state index is 0.00184. The normalized spacial score (nSPS) is 19.2. The summed E-state index contributed by atoms with van der Waals surface area (Å²) in [6.07, 6.45) is 0.224. The van der Waals surface area contributed by atoms with Crippen LogP contribution in [-0.2, 0) is 19.5 Å². The quantitative estimate of drug-likeness (QED) is 0.168. The van der Waals surface area contributed by atoms with Gasteiger partial charge >= 0.3 is 5.69 Å². The van der Waals surface area contributed by atoms with Crippen molar-refractivity contribution in [3.05, 3.63) is 135 Å². The highest BCUT2D eigenvalue weighted by Crippen LogP contribution is 2.45. The third-order valence-electron chi connectivity index (χ3n) is 8.94. The van der Waals surface area contributed by atoms with E-state index in [0.29, 0.717) is 13.0 Å². The van der Waals surface area contributed by atoms with Crippen molar-refractivity contribution < 1.29 is 18.6 Å². The second-order valence-electron chi connectivity index (χ2n) is 12.8. The van der Waals surface area contributed by atoms with E-state index < -0.39 is 43.6 Å². The number of aromatic amines is 1. The number of methoxy groups -OCH3 is 1. The highest BCUT2D eigenvalue weighted by molar-refractivity contribution is 6.74. The van der Waals surface area contributed by atoms with Gasteiger partial charge in [-0.15, -0.1) is 0 Å². The van der Waals surface area contributed by atoms with Crippen molar-refractivity contribution in [2.75, 3.05) is 13.7 Å². The number of nitrogens with one attached hydrogen (secondary N) is 1. The van der Waals surface area contributed by atoms with Crippen LogP contribution in [0.15, 0.2) is 107 Å². The first-order valence-corrected chi connectivity index (χ1v) is 17.9. The molecule has 0 radical (unpaired) electrons. The Morgan fingerprint density at radius 1 is 0.864 bits per heavy atom. The second kappa shape index (κ2) is 12.7. The van der Waals surface area contributed by atoms with Crippen LogP contribution in [0, 0.1) is 0 Å². The topological polar surface area (TPSA) is 91.8 Å². The first-order chi connectivity index (χ1) is 20.9. The lowest BCUT2D eigenvalue weighted by Gasteiger charge is -2.40. The molecule has 1 fully saturated rings. The van der Waals surface area contributed by atoms with Crippen LogP contribution in [0.5, 0.6) is 5.75 Å². The fourth-order valence-electron chi connectivity index (χ4n) is 5.41. The summed E-state index contributed by atoms with van der Waals surface area (Å²) in [6, 6.07) is 29.5. The van der Waals surface area contributed by atoms with E-state index in [-0.39, 0.29) is 5.04 Å². The zero-order valence-corrected chi connectivity index (χ0v) is 27.3. The van der Waals surface area contributed by atoms with E-state index in [2.05, 4.69) is 63.1 Å². The van der Waals surface area contributed by atoms with Gasteiger partial charge in [-0.1, -0.05) is 93.6 Å². The summed E-state index contributed by atoms with van der Waals surface area (Å²) in [7, 11) is -0.500. The fraction of sp³-hybridized carbons (Fsp3) is 0.371. The molecule has 1 N–H and O–H groups in total. The van der Waals surface area contributed by atoms with Gasteiger partial charge in [-0.3, -0.25) is 14.3 Å². The van der Waals surface area contributed by atoms with E-state index >= 15 is 0 Å². The van der Waals surface area contributed by atoms with Gasteiger partial charge in [-0.2, -0.15) is 0 Å². The average Bonchev–Trinajstić information content (AvgIpc) is 3.41. The van der Waals surface area contributed by atoms with Crippen LogP contribution in [0.3, 0.4) is 0 Å². The third kappa shape index (κ3) is 6.37. The van der Waals surface area contributed by atoms with Crippen molar-refractivity contribution >= 4 is 8.32 Å². The van der Waals surface area contributed by atoms with Crippen molar-refractivity contribution in [3.8, 4) is 5.75 Å². The molecule has 0 amide bonds. The number of hydrogen-bond acceptors (Lipinski definition) is 6. The van der Waals surface area contributed by atoms with Crippen LogP contribution in [0.1, 0.15) is 50.1 Å². The molecule has 0 saturated carbocycles. The molecule has 8 nitrogen and oxygen atoms in total. The number of hydrogen-bond donors (Lipinski definition) is 1. The van der Waals surface area contributed by atoms with Gasteiger partial charge in [0.2, 0.25) is 0 Å². The summed E-state index contributed by atoms with van der Waals surface area (Å²) >= 11 is 0. The van der Waals surface area contributed by atoms with Gasteiger partial charge in [-0.25, -0.2) is 4.79 Å². The van der Waals surface area contributed by atoms with Crippen LogP contribution in [0.4, 0.5) is 0 Å². The monoisotopic (exact) mass is 614 g/mol. The maximum atomic E-state index is 12.8. The van der Waals surface area contributed by atoms with E-state index in [9.17, 15) is 9.59 Å². The Morgan fingerprint density at radius 3 is 1.95 bits per heavy atom. The maximum absolute atomic E-state index is 12.8. The summed E-state index contributed by atoms with van der Waals surface area (Å²) in [5.41, 5.74) is 0.809. The van der Waals surface area contributed by atoms with Crippen molar-refractivity contribution in [2.24, 2.45) is 0 Å². The molecule has 0 unspecified atom stereocenters. The largest absolute Gasteiger partial charge is 0.497 e. The smallest absolute Gasteiger partial charge is 0.330 e. The summed E-state index contributed by atoms with van der Waals surface area (Å²) in [6.45, 7) is 11.3. The summed E-state index contributed by atoms with van der Waals surface area (Å²) in [4.78, 5) is 27.0. The zero-order chi connectivity index (χ0) is 31.5. The van der Waals surface area contributed by atoms with E-state index in [1.807, 2.05) is 60.7 Å². The number of H-pyrrole nitrogens is 1. The highest BCUT2D eigenvalue weighted by Gasteiger charge is 2.47.